The fourth-order valence-electron chi connectivity index (χ4n) is 1.16. The van der Waals surface area contributed by atoms with Crippen LogP contribution in [0.25, 0.3) is 0 Å². The summed E-state index contributed by atoms with van der Waals surface area (Å²) in [6.45, 7) is 6.42. The van der Waals surface area contributed by atoms with E-state index < -0.39 is 5.97 Å². The average molecular weight is 174 g/mol. The number of carboxylic acid groups (broad SMARTS) is 1. The third kappa shape index (κ3) is 3.22. The second kappa shape index (κ2) is 6.00. The Morgan fingerprint density at radius 2 is 2.17 bits per heavy atom. The fourth-order valence-corrected chi connectivity index (χ4v) is 1.16. The number of hydrogen-bond donors (Lipinski definition) is 1. The summed E-state index contributed by atoms with van der Waals surface area (Å²) in [4.78, 5) is 10.4. The molecule has 2 atom stereocenters. The molecule has 1 N–H and O–H groups in total. The Bertz CT molecular complexity index is 128. The standard InChI is InChI=1S/C7H12O3.C2H6/c1-5(7(8)9)6-3-2-4-10-6;1-2/h5-6H,2-4H2,1H3,(H,8,9);1-2H3. The minimum absolute atomic E-state index is 0.0440. The predicted molar refractivity (Wildman–Crippen MR) is 47.1 cm³/mol. The van der Waals surface area contributed by atoms with Gasteiger partial charge in [0.05, 0.1) is 12.0 Å². The second-order valence-corrected chi connectivity index (χ2v) is 2.68. The maximum atomic E-state index is 10.4. The zero-order chi connectivity index (χ0) is 9.56. The van der Waals surface area contributed by atoms with E-state index in [4.69, 9.17) is 9.84 Å². The summed E-state index contributed by atoms with van der Waals surface area (Å²) in [5, 5.41) is 8.56. The van der Waals surface area contributed by atoms with Gasteiger partial charge in [0.25, 0.3) is 0 Å². The van der Waals surface area contributed by atoms with E-state index in [-0.39, 0.29) is 12.0 Å². The van der Waals surface area contributed by atoms with Gasteiger partial charge in [0, 0.05) is 6.61 Å². The molecule has 0 aromatic heterocycles. The zero-order valence-electron chi connectivity index (χ0n) is 8.04. The Morgan fingerprint density at radius 1 is 1.58 bits per heavy atom. The van der Waals surface area contributed by atoms with Crippen LogP contribution in [0.15, 0.2) is 0 Å². The number of rotatable bonds is 2. The van der Waals surface area contributed by atoms with Crippen molar-refractivity contribution in [3.05, 3.63) is 0 Å². The van der Waals surface area contributed by atoms with Crippen molar-refractivity contribution in [1.82, 2.24) is 0 Å². The molecule has 0 bridgehead atoms. The van der Waals surface area contributed by atoms with Crippen molar-refractivity contribution in [3.8, 4) is 0 Å². The number of ether oxygens (including phenoxy) is 1. The molecule has 0 amide bonds. The van der Waals surface area contributed by atoms with Gasteiger partial charge in [-0.15, -0.1) is 0 Å². The maximum absolute atomic E-state index is 10.4. The Morgan fingerprint density at radius 3 is 2.50 bits per heavy atom. The molecule has 0 aliphatic carbocycles. The Balaban J connectivity index is 0.000000561. The lowest BCUT2D eigenvalue weighted by Crippen LogP contribution is -2.24. The Hall–Kier alpha value is -0.570. The van der Waals surface area contributed by atoms with Gasteiger partial charge in [0.1, 0.15) is 0 Å². The van der Waals surface area contributed by atoms with E-state index in [1.165, 1.54) is 0 Å². The van der Waals surface area contributed by atoms with Crippen LogP contribution in [-0.2, 0) is 9.53 Å². The molecule has 1 aliphatic heterocycles. The highest BCUT2D eigenvalue weighted by atomic mass is 16.5. The van der Waals surface area contributed by atoms with Crippen molar-refractivity contribution in [1.29, 1.82) is 0 Å². The normalized spacial score (nSPS) is 24.1. The molecule has 12 heavy (non-hydrogen) atoms. The first-order valence-electron chi connectivity index (χ1n) is 4.56. The first-order valence-corrected chi connectivity index (χ1v) is 4.56. The molecule has 0 aromatic rings. The van der Waals surface area contributed by atoms with Crippen LogP contribution in [0.5, 0.6) is 0 Å². The summed E-state index contributed by atoms with van der Waals surface area (Å²) in [6, 6.07) is 0. The van der Waals surface area contributed by atoms with Crippen LogP contribution >= 0.6 is 0 Å². The minimum atomic E-state index is -0.757. The molecular weight excluding hydrogens is 156 g/mol. The summed E-state index contributed by atoms with van der Waals surface area (Å²) in [5.41, 5.74) is 0. The lowest BCUT2D eigenvalue weighted by atomic mass is 10.0. The molecular formula is C9H18O3. The highest BCUT2D eigenvalue weighted by Crippen LogP contribution is 2.19. The molecule has 0 saturated carbocycles. The van der Waals surface area contributed by atoms with Crippen LogP contribution in [0.4, 0.5) is 0 Å². The van der Waals surface area contributed by atoms with Gasteiger partial charge in [-0.25, -0.2) is 0 Å². The average Bonchev–Trinajstić information content (AvgIpc) is 2.58. The van der Waals surface area contributed by atoms with Crippen LogP contribution in [0.2, 0.25) is 0 Å². The molecule has 1 aliphatic rings. The van der Waals surface area contributed by atoms with Crippen LogP contribution in [0.3, 0.4) is 0 Å². The number of carboxylic acids is 1. The summed E-state index contributed by atoms with van der Waals surface area (Å²) in [5.74, 6) is -1.10. The van der Waals surface area contributed by atoms with Crippen LogP contribution in [0, 0.1) is 5.92 Å². The zero-order valence-corrected chi connectivity index (χ0v) is 8.04. The van der Waals surface area contributed by atoms with Crippen molar-refractivity contribution in [2.24, 2.45) is 5.92 Å². The quantitative estimate of drug-likeness (QED) is 0.695. The van der Waals surface area contributed by atoms with Gasteiger partial charge in [-0.3, -0.25) is 4.79 Å². The molecule has 0 radical (unpaired) electrons. The topological polar surface area (TPSA) is 46.5 Å². The van der Waals surface area contributed by atoms with Gasteiger partial charge in [-0.1, -0.05) is 13.8 Å². The van der Waals surface area contributed by atoms with Crippen molar-refractivity contribution < 1.29 is 14.6 Å². The van der Waals surface area contributed by atoms with Crippen LogP contribution in [0.1, 0.15) is 33.6 Å². The SMILES string of the molecule is CC.CC(C(=O)O)C1CCCO1. The Kier molecular flexibility index (Phi) is 5.72. The van der Waals surface area contributed by atoms with Gasteiger partial charge in [-0.2, -0.15) is 0 Å². The van der Waals surface area contributed by atoms with Gasteiger partial charge in [0.15, 0.2) is 0 Å². The van der Waals surface area contributed by atoms with Crippen LogP contribution < -0.4 is 0 Å². The lowest BCUT2D eigenvalue weighted by Gasteiger charge is -2.12. The molecule has 1 heterocycles. The third-order valence-electron chi connectivity index (χ3n) is 1.91. The predicted octanol–water partition coefficient (Wildman–Crippen LogP) is 1.91. The highest BCUT2D eigenvalue weighted by Gasteiger charge is 2.26. The smallest absolute Gasteiger partial charge is 0.308 e. The van der Waals surface area contributed by atoms with E-state index in [0.717, 1.165) is 19.4 Å². The molecule has 3 heteroatoms. The van der Waals surface area contributed by atoms with E-state index in [2.05, 4.69) is 0 Å². The van der Waals surface area contributed by atoms with E-state index in [1.807, 2.05) is 13.8 Å². The summed E-state index contributed by atoms with van der Waals surface area (Å²) >= 11 is 0. The fraction of sp³-hybridized carbons (Fsp3) is 0.889. The van der Waals surface area contributed by atoms with E-state index in [9.17, 15) is 4.79 Å². The third-order valence-corrected chi connectivity index (χ3v) is 1.91. The van der Waals surface area contributed by atoms with Gasteiger partial charge < -0.3 is 9.84 Å². The largest absolute Gasteiger partial charge is 0.481 e. The summed E-state index contributed by atoms with van der Waals surface area (Å²) in [7, 11) is 0. The highest BCUT2D eigenvalue weighted by molar-refractivity contribution is 5.70. The lowest BCUT2D eigenvalue weighted by molar-refractivity contribution is -0.145. The molecule has 1 rings (SSSR count). The molecule has 1 fully saturated rings. The van der Waals surface area contributed by atoms with Crippen molar-refractivity contribution in [2.45, 2.75) is 39.7 Å². The second-order valence-electron chi connectivity index (χ2n) is 2.68. The maximum Gasteiger partial charge on any atom is 0.308 e. The van der Waals surface area contributed by atoms with Crippen LogP contribution in [-0.4, -0.2) is 23.8 Å². The summed E-state index contributed by atoms with van der Waals surface area (Å²) < 4.78 is 5.20. The molecule has 72 valence electrons. The van der Waals surface area contributed by atoms with E-state index >= 15 is 0 Å². The molecule has 3 nitrogen and oxygen atoms in total. The number of carbonyl (C=O) groups is 1. The van der Waals surface area contributed by atoms with Crippen molar-refractivity contribution >= 4 is 5.97 Å². The minimum Gasteiger partial charge on any atom is -0.481 e. The Labute approximate surface area is 73.7 Å². The summed E-state index contributed by atoms with van der Waals surface area (Å²) in [6.07, 6.45) is 1.85. The number of hydrogen-bond acceptors (Lipinski definition) is 2. The van der Waals surface area contributed by atoms with Gasteiger partial charge in [-0.05, 0) is 19.8 Å². The van der Waals surface area contributed by atoms with Gasteiger partial charge in [0.2, 0.25) is 0 Å². The van der Waals surface area contributed by atoms with Crippen molar-refractivity contribution in [3.63, 3.8) is 0 Å². The first-order chi connectivity index (χ1) is 5.72. The molecule has 2 unspecified atom stereocenters. The monoisotopic (exact) mass is 174 g/mol. The first kappa shape index (κ1) is 11.4. The van der Waals surface area contributed by atoms with Gasteiger partial charge >= 0.3 is 5.97 Å². The van der Waals surface area contributed by atoms with Crippen molar-refractivity contribution in [2.75, 3.05) is 6.61 Å². The number of aliphatic carboxylic acids is 1. The molecule has 1 saturated heterocycles. The van der Waals surface area contributed by atoms with E-state index in [0.29, 0.717) is 0 Å². The van der Waals surface area contributed by atoms with E-state index in [1.54, 1.807) is 6.92 Å². The molecule has 0 aromatic carbocycles. The molecule has 0 spiro atoms.